The first-order valence-corrected chi connectivity index (χ1v) is 7.32. The summed E-state index contributed by atoms with van der Waals surface area (Å²) in [5.41, 5.74) is 13.7. The molecule has 0 radical (unpaired) electrons. The van der Waals surface area contributed by atoms with Gasteiger partial charge in [-0.05, 0) is 24.5 Å². The molecule has 1 atom stereocenters. The maximum Gasteiger partial charge on any atom is 0.169 e. The Morgan fingerprint density at radius 2 is 1.86 bits per heavy atom. The number of nitrogens with zero attached hydrogens (tertiary/aromatic N) is 1. The minimum Gasteiger partial charge on any atom is -0.397 e. The predicted molar refractivity (Wildman–Crippen MR) is 86.0 cm³/mol. The molecule has 5 heteroatoms. The van der Waals surface area contributed by atoms with E-state index in [1.807, 2.05) is 23.1 Å². The maximum atomic E-state index is 14.5. The van der Waals surface area contributed by atoms with Crippen molar-refractivity contribution in [1.29, 1.82) is 0 Å². The van der Waals surface area contributed by atoms with Crippen LogP contribution in [0.2, 0.25) is 5.02 Å². The van der Waals surface area contributed by atoms with E-state index >= 15 is 0 Å². The van der Waals surface area contributed by atoms with Crippen molar-refractivity contribution in [2.45, 2.75) is 18.9 Å². The third-order valence-corrected chi connectivity index (χ3v) is 4.35. The van der Waals surface area contributed by atoms with Gasteiger partial charge in [0.2, 0.25) is 0 Å². The van der Waals surface area contributed by atoms with Gasteiger partial charge in [0, 0.05) is 6.54 Å². The summed E-state index contributed by atoms with van der Waals surface area (Å²) in [5, 5.41) is -0.0575. The van der Waals surface area contributed by atoms with Crippen LogP contribution in [0, 0.1) is 5.82 Å². The lowest BCUT2D eigenvalue weighted by atomic mass is 10.0. The molecule has 0 spiro atoms. The van der Waals surface area contributed by atoms with Crippen LogP contribution >= 0.6 is 11.6 Å². The molecule has 3 nitrogen and oxygen atoms in total. The van der Waals surface area contributed by atoms with Gasteiger partial charge in [-0.15, -0.1) is 0 Å². The molecule has 4 N–H and O–H groups in total. The summed E-state index contributed by atoms with van der Waals surface area (Å²) in [4.78, 5) is 1.99. The van der Waals surface area contributed by atoms with Crippen LogP contribution in [0.5, 0.6) is 0 Å². The SMILES string of the molecule is Nc1cc(N)c(N2CCCC2c2ccccc2)c(F)c1Cl. The summed E-state index contributed by atoms with van der Waals surface area (Å²) >= 11 is 5.94. The molecule has 1 saturated heterocycles. The molecule has 2 aromatic rings. The Labute approximate surface area is 128 Å². The van der Waals surface area contributed by atoms with E-state index in [0.717, 1.165) is 24.9 Å². The normalized spacial score (nSPS) is 18.2. The van der Waals surface area contributed by atoms with Crippen LogP contribution in [0.4, 0.5) is 21.5 Å². The van der Waals surface area contributed by atoms with Gasteiger partial charge in [-0.2, -0.15) is 0 Å². The second-order valence-electron chi connectivity index (χ2n) is 5.29. The van der Waals surface area contributed by atoms with E-state index in [1.54, 1.807) is 0 Å². The minimum atomic E-state index is -0.531. The fraction of sp³-hybridized carbons (Fsp3) is 0.250. The third kappa shape index (κ3) is 2.40. The molecule has 0 saturated carbocycles. The van der Waals surface area contributed by atoms with E-state index in [9.17, 15) is 4.39 Å². The highest BCUT2D eigenvalue weighted by molar-refractivity contribution is 6.33. The zero-order valence-electron chi connectivity index (χ0n) is 11.5. The molecule has 110 valence electrons. The quantitative estimate of drug-likeness (QED) is 0.825. The van der Waals surface area contributed by atoms with Crippen LogP contribution < -0.4 is 16.4 Å². The fourth-order valence-corrected chi connectivity index (χ4v) is 3.15. The van der Waals surface area contributed by atoms with Gasteiger partial charge in [-0.25, -0.2) is 4.39 Å². The standard InChI is InChI=1S/C16H17ClFN3/c17-14-11(19)9-12(20)16(15(14)18)21-8-4-7-13(21)10-5-2-1-3-6-10/h1-3,5-6,9,13H,4,7-8,19-20H2. The molecule has 1 heterocycles. The van der Waals surface area contributed by atoms with Crippen molar-refractivity contribution in [3.05, 3.63) is 52.8 Å². The van der Waals surface area contributed by atoms with Gasteiger partial charge in [0.1, 0.15) is 5.02 Å². The Morgan fingerprint density at radius 3 is 2.57 bits per heavy atom. The van der Waals surface area contributed by atoms with Crippen molar-refractivity contribution >= 4 is 28.7 Å². The van der Waals surface area contributed by atoms with Gasteiger partial charge in [0.15, 0.2) is 5.82 Å². The average Bonchev–Trinajstić information content (AvgIpc) is 2.95. The van der Waals surface area contributed by atoms with Crippen LogP contribution in [0.15, 0.2) is 36.4 Å². The van der Waals surface area contributed by atoms with E-state index in [1.165, 1.54) is 6.07 Å². The van der Waals surface area contributed by atoms with E-state index < -0.39 is 5.82 Å². The van der Waals surface area contributed by atoms with E-state index in [0.29, 0.717) is 11.4 Å². The van der Waals surface area contributed by atoms with Crippen molar-refractivity contribution in [1.82, 2.24) is 0 Å². The Hall–Kier alpha value is -1.94. The summed E-state index contributed by atoms with van der Waals surface area (Å²) < 4.78 is 14.5. The topological polar surface area (TPSA) is 55.3 Å². The van der Waals surface area contributed by atoms with Crippen LogP contribution in [0.3, 0.4) is 0 Å². The molecule has 0 aromatic heterocycles. The van der Waals surface area contributed by atoms with Crippen LogP contribution in [-0.4, -0.2) is 6.54 Å². The number of halogens is 2. The molecule has 3 rings (SSSR count). The molecule has 1 fully saturated rings. The average molecular weight is 306 g/mol. The zero-order valence-corrected chi connectivity index (χ0v) is 12.3. The van der Waals surface area contributed by atoms with E-state index in [2.05, 4.69) is 12.1 Å². The summed E-state index contributed by atoms with van der Waals surface area (Å²) in [6.45, 7) is 0.751. The van der Waals surface area contributed by atoms with Crippen molar-refractivity contribution in [2.75, 3.05) is 22.9 Å². The molecule has 1 unspecified atom stereocenters. The van der Waals surface area contributed by atoms with Gasteiger partial charge in [-0.1, -0.05) is 41.9 Å². The first-order chi connectivity index (χ1) is 10.1. The predicted octanol–water partition coefficient (Wildman–Crippen LogP) is 3.99. The van der Waals surface area contributed by atoms with E-state index in [4.69, 9.17) is 23.1 Å². The second-order valence-corrected chi connectivity index (χ2v) is 5.67. The lowest BCUT2D eigenvalue weighted by Gasteiger charge is -2.29. The molecule has 2 aromatic carbocycles. The Morgan fingerprint density at radius 1 is 1.14 bits per heavy atom. The monoisotopic (exact) mass is 305 g/mol. The number of anilines is 3. The van der Waals surface area contributed by atoms with Crippen molar-refractivity contribution in [3.8, 4) is 0 Å². The second kappa shape index (κ2) is 5.45. The van der Waals surface area contributed by atoms with Gasteiger partial charge in [0.25, 0.3) is 0 Å². The molecule has 0 amide bonds. The van der Waals surface area contributed by atoms with Crippen LogP contribution in [0.25, 0.3) is 0 Å². The van der Waals surface area contributed by atoms with E-state index in [-0.39, 0.29) is 16.8 Å². The van der Waals surface area contributed by atoms with Crippen LogP contribution in [0.1, 0.15) is 24.4 Å². The molecular weight excluding hydrogens is 289 g/mol. The first-order valence-electron chi connectivity index (χ1n) is 6.94. The number of hydrogen-bond donors (Lipinski definition) is 2. The smallest absolute Gasteiger partial charge is 0.169 e. The summed E-state index contributed by atoms with van der Waals surface area (Å²) in [6, 6.07) is 11.7. The van der Waals surface area contributed by atoms with Gasteiger partial charge in [0.05, 0.1) is 23.1 Å². The highest BCUT2D eigenvalue weighted by Crippen LogP contribution is 2.43. The molecule has 1 aliphatic rings. The lowest BCUT2D eigenvalue weighted by Crippen LogP contribution is -2.25. The van der Waals surface area contributed by atoms with Crippen LogP contribution in [-0.2, 0) is 0 Å². The number of benzene rings is 2. The van der Waals surface area contributed by atoms with Crippen molar-refractivity contribution in [2.24, 2.45) is 0 Å². The number of rotatable bonds is 2. The zero-order chi connectivity index (χ0) is 15.0. The largest absolute Gasteiger partial charge is 0.397 e. The highest BCUT2D eigenvalue weighted by Gasteiger charge is 2.30. The molecular formula is C16H17ClFN3. The third-order valence-electron chi connectivity index (χ3n) is 3.96. The van der Waals surface area contributed by atoms with Gasteiger partial charge >= 0.3 is 0 Å². The molecule has 1 aliphatic heterocycles. The molecule has 0 aliphatic carbocycles. The summed E-state index contributed by atoms with van der Waals surface area (Å²) in [5.74, 6) is -0.531. The number of nitrogen functional groups attached to an aromatic ring is 2. The summed E-state index contributed by atoms with van der Waals surface area (Å²) in [6.07, 6.45) is 1.95. The molecule has 21 heavy (non-hydrogen) atoms. The maximum absolute atomic E-state index is 14.5. The Kier molecular flexibility index (Phi) is 3.64. The van der Waals surface area contributed by atoms with Crippen molar-refractivity contribution in [3.63, 3.8) is 0 Å². The number of hydrogen-bond acceptors (Lipinski definition) is 3. The highest BCUT2D eigenvalue weighted by atomic mass is 35.5. The minimum absolute atomic E-state index is 0.0575. The van der Waals surface area contributed by atoms with Crippen molar-refractivity contribution < 1.29 is 4.39 Å². The fourth-order valence-electron chi connectivity index (χ4n) is 3.00. The Balaban J connectivity index is 2.06. The van der Waals surface area contributed by atoms with Gasteiger partial charge < -0.3 is 16.4 Å². The summed E-state index contributed by atoms with van der Waals surface area (Å²) in [7, 11) is 0. The lowest BCUT2D eigenvalue weighted by molar-refractivity contribution is 0.613. The Bertz CT molecular complexity index is 660. The number of nitrogens with two attached hydrogens (primary N) is 2. The molecule has 0 bridgehead atoms. The van der Waals surface area contributed by atoms with Gasteiger partial charge in [-0.3, -0.25) is 0 Å². The first kappa shape index (κ1) is 14.0.